The molecule has 1 atom stereocenters. The summed E-state index contributed by atoms with van der Waals surface area (Å²) in [6.45, 7) is 12.3. The molecule has 0 aliphatic carbocycles. The predicted octanol–water partition coefficient (Wildman–Crippen LogP) is 3.76. The second-order valence-electron chi connectivity index (χ2n) is 4.53. The fraction of sp³-hybridized carbons (Fsp3) is 0.714. The maximum absolute atomic E-state index is 9.25. The molecule has 0 rings (SSSR count). The first-order valence-electron chi connectivity index (χ1n) is 6.25. The summed E-state index contributed by atoms with van der Waals surface area (Å²) < 4.78 is 0. The molecule has 0 heterocycles. The molecule has 0 aromatic rings. The molecule has 2 heteroatoms. The van der Waals surface area contributed by atoms with Gasteiger partial charge in [0, 0.05) is 0 Å². The van der Waals surface area contributed by atoms with E-state index >= 15 is 0 Å². The van der Waals surface area contributed by atoms with E-state index in [1.807, 2.05) is 0 Å². The molecule has 0 aliphatic heterocycles. The average Bonchev–Trinajstić information content (AvgIpc) is 2.22. The number of nitrogens with zero attached hydrogens (tertiary/aromatic N) is 1. The fourth-order valence-corrected chi connectivity index (χ4v) is 1.78. The van der Waals surface area contributed by atoms with Crippen LogP contribution in [0.2, 0.25) is 0 Å². The molecule has 0 amide bonds. The largest absolute Gasteiger partial charge is 0.513 e. The van der Waals surface area contributed by atoms with Gasteiger partial charge in [0.15, 0.2) is 0 Å². The number of hydrogen-bond acceptors (Lipinski definition) is 2. The van der Waals surface area contributed by atoms with Crippen molar-refractivity contribution in [3.05, 3.63) is 24.0 Å². The first kappa shape index (κ1) is 15.2. The highest BCUT2D eigenvalue weighted by atomic mass is 16.3. The number of allylic oxidation sites excluding steroid dienone is 3. The molecule has 1 unspecified atom stereocenters. The van der Waals surface area contributed by atoms with Crippen molar-refractivity contribution in [3.8, 4) is 0 Å². The Kier molecular flexibility index (Phi) is 8.00. The molecule has 0 spiro atoms. The third kappa shape index (κ3) is 6.67. The zero-order chi connectivity index (χ0) is 12.6. The van der Waals surface area contributed by atoms with Gasteiger partial charge in [-0.05, 0) is 57.5 Å². The molecule has 94 valence electrons. The van der Waals surface area contributed by atoms with Crippen molar-refractivity contribution in [2.24, 2.45) is 5.92 Å². The van der Waals surface area contributed by atoms with Crippen LogP contribution in [0.25, 0.3) is 0 Å². The number of aliphatic hydroxyl groups excluding tert-OH is 1. The van der Waals surface area contributed by atoms with E-state index in [0.717, 1.165) is 37.9 Å². The number of aliphatic hydroxyl groups is 1. The summed E-state index contributed by atoms with van der Waals surface area (Å²) in [6, 6.07) is 0. The van der Waals surface area contributed by atoms with E-state index in [2.05, 4.69) is 32.4 Å². The summed E-state index contributed by atoms with van der Waals surface area (Å²) in [6.07, 6.45) is 5.24. The highest BCUT2D eigenvalue weighted by Gasteiger charge is 2.11. The van der Waals surface area contributed by atoms with Gasteiger partial charge in [-0.1, -0.05) is 26.8 Å². The lowest BCUT2D eigenvalue weighted by molar-refractivity contribution is 0.320. The van der Waals surface area contributed by atoms with E-state index in [-0.39, 0.29) is 0 Å². The first-order valence-corrected chi connectivity index (χ1v) is 6.25. The van der Waals surface area contributed by atoms with Gasteiger partial charge in [0.1, 0.15) is 0 Å². The Bertz CT molecular complexity index is 229. The van der Waals surface area contributed by atoms with Gasteiger partial charge in [0.25, 0.3) is 0 Å². The highest BCUT2D eigenvalue weighted by molar-refractivity contribution is 5.19. The SMILES string of the molecule is C=C(/C=C(\C)O)C(CCC)CCN(C)CC. The third-order valence-electron chi connectivity index (χ3n) is 2.95. The highest BCUT2D eigenvalue weighted by Crippen LogP contribution is 2.21. The van der Waals surface area contributed by atoms with Crippen LogP contribution in [0.3, 0.4) is 0 Å². The standard InChI is InChI=1S/C14H27NO/c1-6-8-14(9-10-15(5)7-2)12(3)11-13(4)16/h11,14,16H,3,6-10H2,1-2,4-5H3/b13-11+. The van der Waals surface area contributed by atoms with Gasteiger partial charge in [0.2, 0.25) is 0 Å². The van der Waals surface area contributed by atoms with Gasteiger partial charge in [0.05, 0.1) is 5.76 Å². The van der Waals surface area contributed by atoms with E-state index in [4.69, 9.17) is 0 Å². The van der Waals surface area contributed by atoms with Crippen LogP contribution in [-0.2, 0) is 0 Å². The van der Waals surface area contributed by atoms with Crippen LogP contribution < -0.4 is 0 Å². The lowest BCUT2D eigenvalue weighted by Crippen LogP contribution is -2.21. The maximum Gasteiger partial charge on any atom is 0.0894 e. The quantitative estimate of drug-likeness (QED) is 0.502. The zero-order valence-electron chi connectivity index (χ0n) is 11.3. The van der Waals surface area contributed by atoms with Gasteiger partial charge < -0.3 is 10.0 Å². The fourth-order valence-electron chi connectivity index (χ4n) is 1.78. The minimum atomic E-state index is 0.356. The van der Waals surface area contributed by atoms with Crippen molar-refractivity contribution in [1.29, 1.82) is 0 Å². The molecule has 0 bridgehead atoms. The average molecular weight is 225 g/mol. The molecule has 2 nitrogen and oxygen atoms in total. The molecule has 0 saturated carbocycles. The number of hydrogen-bond donors (Lipinski definition) is 1. The maximum atomic E-state index is 9.25. The van der Waals surface area contributed by atoms with Crippen LogP contribution in [0, 0.1) is 5.92 Å². The lowest BCUT2D eigenvalue weighted by atomic mass is 9.91. The predicted molar refractivity (Wildman–Crippen MR) is 71.7 cm³/mol. The van der Waals surface area contributed by atoms with Crippen molar-refractivity contribution in [2.75, 3.05) is 20.1 Å². The van der Waals surface area contributed by atoms with Gasteiger partial charge >= 0.3 is 0 Å². The summed E-state index contributed by atoms with van der Waals surface area (Å²) in [5.74, 6) is 0.857. The Hall–Kier alpha value is -0.760. The molecule has 16 heavy (non-hydrogen) atoms. The Morgan fingerprint density at radius 1 is 1.38 bits per heavy atom. The van der Waals surface area contributed by atoms with E-state index in [0.29, 0.717) is 11.7 Å². The molecule has 1 N–H and O–H groups in total. The van der Waals surface area contributed by atoms with E-state index in [1.54, 1.807) is 13.0 Å². The molecule has 0 saturated heterocycles. The summed E-state index contributed by atoms with van der Waals surface area (Å²) in [5.41, 5.74) is 1.06. The number of rotatable bonds is 8. The summed E-state index contributed by atoms with van der Waals surface area (Å²) in [4.78, 5) is 2.31. The third-order valence-corrected chi connectivity index (χ3v) is 2.95. The summed E-state index contributed by atoms with van der Waals surface area (Å²) >= 11 is 0. The Balaban J connectivity index is 4.26. The molecular weight excluding hydrogens is 198 g/mol. The second-order valence-corrected chi connectivity index (χ2v) is 4.53. The minimum absolute atomic E-state index is 0.356. The van der Waals surface area contributed by atoms with Crippen LogP contribution in [0.5, 0.6) is 0 Å². The molecule has 0 aromatic heterocycles. The molecule has 0 aliphatic rings. The Labute approximate surface area is 101 Å². The van der Waals surface area contributed by atoms with Crippen LogP contribution in [0.4, 0.5) is 0 Å². The molecular formula is C14H27NO. The lowest BCUT2D eigenvalue weighted by Gasteiger charge is -2.21. The van der Waals surface area contributed by atoms with Gasteiger partial charge in [-0.3, -0.25) is 0 Å². The van der Waals surface area contributed by atoms with Crippen LogP contribution in [0.1, 0.15) is 40.0 Å². The van der Waals surface area contributed by atoms with Crippen molar-refractivity contribution >= 4 is 0 Å². The molecule has 0 radical (unpaired) electrons. The van der Waals surface area contributed by atoms with E-state index in [1.165, 1.54) is 0 Å². The van der Waals surface area contributed by atoms with Crippen LogP contribution in [-0.4, -0.2) is 30.1 Å². The van der Waals surface area contributed by atoms with E-state index < -0.39 is 0 Å². The van der Waals surface area contributed by atoms with Crippen molar-refractivity contribution < 1.29 is 5.11 Å². The van der Waals surface area contributed by atoms with Gasteiger partial charge in [-0.15, -0.1) is 0 Å². The van der Waals surface area contributed by atoms with Gasteiger partial charge in [-0.2, -0.15) is 0 Å². The van der Waals surface area contributed by atoms with Gasteiger partial charge in [-0.25, -0.2) is 0 Å². The minimum Gasteiger partial charge on any atom is -0.513 e. The first-order chi connectivity index (χ1) is 7.51. The molecule has 0 aromatic carbocycles. The Morgan fingerprint density at radius 2 is 2.00 bits per heavy atom. The van der Waals surface area contributed by atoms with Crippen molar-refractivity contribution in [1.82, 2.24) is 4.90 Å². The summed E-state index contributed by atoms with van der Waals surface area (Å²) in [7, 11) is 2.14. The van der Waals surface area contributed by atoms with Crippen LogP contribution >= 0.6 is 0 Å². The summed E-state index contributed by atoms with van der Waals surface area (Å²) in [5, 5.41) is 9.25. The topological polar surface area (TPSA) is 23.5 Å². The van der Waals surface area contributed by atoms with Crippen molar-refractivity contribution in [2.45, 2.75) is 40.0 Å². The van der Waals surface area contributed by atoms with Crippen LogP contribution in [0.15, 0.2) is 24.0 Å². The molecule has 0 fully saturated rings. The Morgan fingerprint density at radius 3 is 2.44 bits per heavy atom. The zero-order valence-corrected chi connectivity index (χ0v) is 11.3. The van der Waals surface area contributed by atoms with E-state index in [9.17, 15) is 5.11 Å². The second kappa shape index (κ2) is 8.40. The monoisotopic (exact) mass is 225 g/mol. The smallest absolute Gasteiger partial charge is 0.0894 e. The van der Waals surface area contributed by atoms with Crippen molar-refractivity contribution in [3.63, 3.8) is 0 Å². The normalized spacial score (nSPS) is 14.2.